The molecule has 2 nitrogen and oxygen atoms in total. The summed E-state index contributed by atoms with van der Waals surface area (Å²) in [6.07, 6.45) is 0. The third-order valence-electron chi connectivity index (χ3n) is 1.02. The summed E-state index contributed by atoms with van der Waals surface area (Å²) < 4.78 is -1.36. The highest BCUT2D eigenvalue weighted by Gasteiger charge is 2.28. The van der Waals surface area contributed by atoms with Crippen LogP contribution in [-0.2, 0) is 3.79 Å². The molecule has 0 unspecified atom stereocenters. The number of nitrogens with zero attached hydrogens (tertiary/aromatic N) is 2. The van der Waals surface area contributed by atoms with E-state index in [1.54, 1.807) is 0 Å². The Morgan fingerprint density at radius 2 is 1.38 bits per heavy atom. The summed E-state index contributed by atoms with van der Waals surface area (Å²) in [5.41, 5.74) is 0. The number of aromatic nitrogens is 2. The zero-order valence-electron chi connectivity index (χ0n) is 5.66. The van der Waals surface area contributed by atoms with Crippen LogP contribution in [0.4, 0.5) is 0 Å². The lowest BCUT2D eigenvalue weighted by Crippen LogP contribution is -2.07. The van der Waals surface area contributed by atoms with Gasteiger partial charge in [-0.05, 0) is 15.9 Å². The van der Waals surface area contributed by atoms with Gasteiger partial charge in [-0.25, -0.2) is 9.97 Å². The molecule has 1 heterocycles. The topological polar surface area (TPSA) is 25.8 Å². The summed E-state index contributed by atoms with van der Waals surface area (Å²) in [7, 11) is 0. The number of hydrogen-bond donors (Lipinski definition) is 0. The van der Waals surface area contributed by atoms with Gasteiger partial charge in [0.2, 0.25) is 3.79 Å². The molecule has 13 heavy (non-hydrogen) atoms. The molecule has 0 fully saturated rings. The number of alkyl halides is 3. The fraction of sp³-hybridized carbons (Fsp3) is 0.200. The Labute approximate surface area is 108 Å². The molecule has 1 aromatic rings. The Morgan fingerprint density at radius 3 is 1.69 bits per heavy atom. The largest absolute Gasteiger partial charge is 0.250 e. The third-order valence-corrected chi connectivity index (χ3v) is 3.29. The van der Waals surface area contributed by atoms with Crippen LogP contribution >= 0.6 is 73.9 Å². The lowest BCUT2D eigenvalue weighted by molar-refractivity contribution is 0.963. The average molecular weight is 345 g/mol. The minimum Gasteiger partial charge on any atom is -0.215 e. The zero-order chi connectivity index (χ0) is 10.2. The van der Waals surface area contributed by atoms with E-state index in [-0.39, 0.29) is 16.1 Å². The lowest BCUT2D eigenvalue weighted by Gasteiger charge is -2.09. The Hall–Kier alpha value is 1.01. The van der Waals surface area contributed by atoms with Crippen molar-refractivity contribution in [3.8, 4) is 0 Å². The van der Waals surface area contributed by atoms with Gasteiger partial charge >= 0.3 is 0 Å². The molecule has 0 atom stereocenters. The van der Waals surface area contributed by atoms with E-state index in [9.17, 15) is 0 Å². The van der Waals surface area contributed by atoms with Crippen molar-refractivity contribution in [2.24, 2.45) is 0 Å². The Balaban J connectivity index is 3.29. The molecule has 0 bridgehead atoms. The Morgan fingerprint density at radius 1 is 1.00 bits per heavy atom. The predicted octanol–water partition coefficient (Wildman–Crippen LogP) is 4.37. The highest BCUT2D eigenvalue weighted by molar-refractivity contribution is 9.10. The van der Waals surface area contributed by atoms with Gasteiger partial charge in [0.25, 0.3) is 0 Å². The zero-order valence-corrected chi connectivity index (χ0v) is 11.0. The summed E-state index contributed by atoms with van der Waals surface area (Å²) in [4.78, 5) is 7.46. The fourth-order valence-electron chi connectivity index (χ4n) is 0.521. The van der Waals surface area contributed by atoms with Gasteiger partial charge in [-0.3, -0.25) is 0 Å². The Kier molecular flexibility index (Phi) is 3.95. The maximum Gasteiger partial charge on any atom is 0.250 e. The van der Waals surface area contributed by atoms with Crippen LogP contribution in [0, 0.1) is 0 Å². The molecule has 0 aliphatic heterocycles. The summed E-state index contributed by atoms with van der Waals surface area (Å²) in [5.74, 6) is -0.0595. The minimum atomic E-state index is -1.73. The van der Waals surface area contributed by atoms with Gasteiger partial charge in [-0.15, -0.1) is 0 Å². The van der Waals surface area contributed by atoms with Crippen molar-refractivity contribution < 1.29 is 0 Å². The van der Waals surface area contributed by atoms with Crippen molar-refractivity contribution in [3.05, 3.63) is 20.6 Å². The first-order valence-electron chi connectivity index (χ1n) is 2.78. The van der Waals surface area contributed by atoms with E-state index in [2.05, 4.69) is 25.9 Å². The molecule has 0 saturated heterocycles. The van der Waals surface area contributed by atoms with Crippen molar-refractivity contribution in [3.63, 3.8) is 0 Å². The maximum atomic E-state index is 5.67. The molecule has 1 rings (SSSR count). The van der Waals surface area contributed by atoms with Crippen molar-refractivity contribution in [1.82, 2.24) is 9.97 Å². The van der Waals surface area contributed by atoms with Crippen LogP contribution in [-0.4, -0.2) is 9.97 Å². The van der Waals surface area contributed by atoms with Gasteiger partial charge in [-0.2, -0.15) is 0 Å². The predicted molar refractivity (Wildman–Crippen MR) is 59.0 cm³/mol. The molecule has 0 N–H and O–H groups in total. The SMILES string of the molecule is Clc1nc(C(Cl)(Cl)Cl)nc(Cl)c1Br. The second-order valence-electron chi connectivity index (χ2n) is 1.94. The van der Waals surface area contributed by atoms with E-state index in [0.717, 1.165) is 0 Å². The van der Waals surface area contributed by atoms with E-state index >= 15 is 0 Å². The van der Waals surface area contributed by atoms with E-state index in [1.807, 2.05) is 0 Å². The van der Waals surface area contributed by atoms with E-state index in [0.29, 0.717) is 4.47 Å². The van der Waals surface area contributed by atoms with Crippen molar-refractivity contribution >= 4 is 73.9 Å². The van der Waals surface area contributed by atoms with Crippen molar-refractivity contribution in [1.29, 1.82) is 0 Å². The van der Waals surface area contributed by atoms with Gasteiger partial charge in [0.05, 0.1) is 4.47 Å². The van der Waals surface area contributed by atoms with Crippen LogP contribution in [0.2, 0.25) is 10.3 Å². The molecule has 0 radical (unpaired) electrons. The molecule has 72 valence electrons. The number of halogens is 6. The van der Waals surface area contributed by atoms with Gasteiger partial charge in [0.15, 0.2) is 5.82 Å². The molecule has 1 aromatic heterocycles. The second kappa shape index (κ2) is 4.25. The van der Waals surface area contributed by atoms with Crippen molar-refractivity contribution in [2.75, 3.05) is 0 Å². The summed E-state index contributed by atoms with van der Waals surface area (Å²) >= 11 is 31.0. The molecule has 0 aliphatic carbocycles. The smallest absolute Gasteiger partial charge is 0.215 e. The number of rotatable bonds is 0. The molecule has 0 spiro atoms. The standard InChI is InChI=1S/C5BrCl5N2/c6-1-2(7)12-4(5(9,10)11)13-3(1)8. The molecular weight excluding hydrogens is 345 g/mol. The second-order valence-corrected chi connectivity index (χ2v) is 5.73. The normalized spacial score (nSPS) is 11.8. The highest BCUT2D eigenvalue weighted by Crippen LogP contribution is 2.38. The van der Waals surface area contributed by atoms with Crippen LogP contribution < -0.4 is 0 Å². The van der Waals surface area contributed by atoms with E-state index in [4.69, 9.17) is 58.0 Å². The van der Waals surface area contributed by atoms with Crippen molar-refractivity contribution in [2.45, 2.75) is 3.79 Å². The first-order valence-corrected chi connectivity index (χ1v) is 5.46. The molecule has 0 aliphatic rings. The van der Waals surface area contributed by atoms with Crippen LogP contribution in [0.15, 0.2) is 4.47 Å². The first-order chi connectivity index (χ1) is 5.82. The molecular formula is C5BrCl5N2. The average Bonchev–Trinajstić information content (AvgIpc) is 1.97. The van der Waals surface area contributed by atoms with E-state index in [1.165, 1.54) is 0 Å². The lowest BCUT2D eigenvalue weighted by atomic mass is 10.6. The highest BCUT2D eigenvalue weighted by atomic mass is 79.9. The minimum absolute atomic E-state index is 0.0595. The van der Waals surface area contributed by atoms with E-state index < -0.39 is 3.79 Å². The summed E-state index contributed by atoms with van der Waals surface area (Å²) in [6, 6.07) is 0. The van der Waals surface area contributed by atoms with Crippen LogP contribution in [0.1, 0.15) is 5.82 Å². The number of hydrogen-bond acceptors (Lipinski definition) is 2. The quantitative estimate of drug-likeness (QED) is 0.515. The summed E-state index contributed by atoms with van der Waals surface area (Å²) in [5, 5.41) is 0.197. The molecule has 8 heteroatoms. The van der Waals surface area contributed by atoms with Gasteiger partial charge in [0, 0.05) is 0 Å². The van der Waals surface area contributed by atoms with Gasteiger partial charge in [0.1, 0.15) is 10.3 Å². The monoisotopic (exact) mass is 342 g/mol. The first kappa shape index (κ1) is 12.1. The molecule has 0 aromatic carbocycles. The molecule has 0 saturated carbocycles. The van der Waals surface area contributed by atoms with Gasteiger partial charge in [-0.1, -0.05) is 58.0 Å². The maximum absolute atomic E-state index is 5.67. The summed E-state index contributed by atoms with van der Waals surface area (Å²) in [6.45, 7) is 0. The third kappa shape index (κ3) is 2.98. The van der Waals surface area contributed by atoms with Gasteiger partial charge < -0.3 is 0 Å². The Bertz CT molecular complexity index is 313. The molecule has 0 amide bonds. The van der Waals surface area contributed by atoms with Crippen LogP contribution in [0.25, 0.3) is 0 Å². The van der Waals surface area contributed by atoms with Crippen LogP contribution in [0.5, 0.6) is 0 Å². The van der Waals surface area contributed by atoms with Crippen LogP contribution in [0.3, 0.4) is 0 Å². The fourth-order valence-corrected chi connectivity index (χ4v) is 1.34.